The van der Waals surface area contributed by atoms with Crippen molar-refractivity contribution in [2.75, 3.05) is 19.7 Å². The van der Waals surface area contributed by atoms with Gasteiger partial charge in [0.15, 0.2) is 0 Å². The van der Waals surface area contributed by atoms with E-state index in [0.29, 0.717) is 6.04 Å². The molecular formula is C11H17N3O. The first-order chi connectivity index (χ1) is 7.24. The van der Waals surface area contributed by atoms with Crippen LogP contribution in [0.3, 0.4) is 0 Å². The quantitative estimate of drug-likeness (QED) is 0.771. The van der Waals surface area contributed by atoms with E-state index in [1.165, 1.54) is 5.57 Å². The van der Waals surface area contributed by atoms with E-state index in [0.717, 1.165) is 24.4 Å². The van der Waals surface area contributed by atoms with E-state index >= 15 is 0 Å². The third-order valence-electron chi connectivity index (χ3n) is 2.73. The minimum Gasteiger partial charge on any atom is -0.392 e. The lowest BCUT2D eigenvalue weighted by molar-refractivity contribution is 0.330. The van der Waals surface area contributed by atoms with Crippen molar-refractivity contribution in [1.82, 2.24) is 15.1 Å². The number of hydrogen-bond donors (Lipinski definition) is 2. The first kappa shape index (κ1) is 10.4. The van der Waals surface area contributed by atoms with Gasteiger partial charge >= 0.3 is 0 Å². The second-order valence-electron chi connectivity index (χ2n) is 4.10. The van der Waals surface area contributed by atoms with Gasteiger partial charge in [-0.3, -0.25) is 4.68 Å². The van der Waals surface area contributed by atoms with Gasteiger partial charge in [0, 0.05) is 25.3 Å². The zero-order valence-electron chi connectivity index (χ0n) is 9.20. The largest absolute Gasteiger partial charge is 0.392 e. The molecule has 1 aromatic rings. The van der Waals surface area contributed by atoms with E-state index in [1.54, 1.807) is 0 Å². The van der Waals surface area contributed by atoms with E-state index in [1.807, 2.05) is 16.9 Å². The van der Waals surface area contributed by atoms with Crippen molar-refractivity contribution in [3.8, 4) is 0 Å². The van der Waals surface area contributed by atoms with Gasteiger partial charge < -0.3 is 10.4 Å². The molecule has 0 aliphatic carbocycles. The van der Waals surface area contributed by atoms with E-state index in [-0.39, 0.29) is 6.61 Å². The molecular weight excluding hydrogens is 190 g/mol. The van der Waals surface area contributed by atoms with Crippen molar-refractivity contribution in [1.29, 1.82) is 0 Å². The van der Waals surface area contributed by atoms with E-state index < -0.39 is 0 Å². The second kappa shape index (κ2) is 4.16. The molecule has 0 fully saturated rings. The normalized spacial score (nSPS) is 16.8. The summed E-state index contributed by atoms with van der Waals surface area (Å²) in [6.45, 7) is 5.96. The first-order valence-corrected chi connectivity index (χ1v) is 5.30. The number of nitrogens with one attached hydrogen (secondary N) is 1. The van der Waals surface area contributed by atoms with Gasteiger partial charge in [-0.1, -0.05) is 0 Å². The Labute approximate surface area is 89.6 Å². The summed E-state index contributed by atoms with van der Waals surface area (Å²) < 4.78 is 2.00. The maximum Gasteiger partial charge on any atom is 0.0661 e. The molecule has 0 unspecified atom stereocenters. The molecule has 0 saturated heterocycles. The van der Waals surface area contributed by atoms with Crippen LogP contribution in [0, 0.1) is 0 Å². The second-order valence-corrected chi connectivity index (χ2v) is 4.10. The fraction of sp³-hybridized carbons (Fsp3) is 0.545. The Morgan fingerprint density at radius 1 is 1.53 bits per heavy atom. The van der Waals surface area contributed by atoms with Crippen molar-refractivity contribution >= 4 is 5.57 Å². The average Bonchev–Trinajstić information content (AvgIpc) is 2.85. The minimum absolute atomic E-state index is 0.131. The third kappa shape index (κ3) is 1.82. The molecule has 4 heteroatoms. The summed E-state index contributed by atoms with van der Waals surface area (Å²) in [7, 11) is 0. The Morgan fingerprint density at radius 2 is 2.33 bits per heavy atom. The molecule has 1 aromatic heterocycles. The summed E-state index contributed by atoms with van der Waals surface area (Å²) in [5, 5.41) is 16.8. The van der Waals surface area contributed by atoms with Crippen LogP contribution in [0.1, 0.15) is 25.6 Å². The molecule has 0 atom stereocenters. The van der Waals surface area contributed by atoms with E-state index in [2.05, 4.69) is 24.3 Å². The van der Waals surface area contributed by atoms with Crippen LogP contribution in [-0.4, -0.2) is 34.6 Å². The predicted molar refractivity (Wildman–Crippen MR) is 59.5 cm³/mol. The first-order valence-electron chi connectivity index (χ1n) is 5.30. The Balaban J connectivity index is 2.40. The molecule has 82 valence electrons. The highest BCUT2D eigenvalue weighted by Crippen LogP contribution is 2.23. The van der Waals surface area contributed by atoms with Crippen LogP contribution in [0.15, 0.2) is 17.8 Å². The van der Waals surface area contributed by atoms with Gasteiger partial charge in [0.05, 0.1) is 12.3 Å². The van der Waals surface area contributed by atoms with Crippen molar-refractivity contribution in [2.24, 2.45) is 0 Å². The SMILES string of the molecule is CC(C)n1nccc1C1=C(CO)CNC1. The summed E-state index contributed by atoms with van der Waals surface area (Å²) in [6, 6.07) is 2.36. The van der Waals surface area contributed by atoms with Crippen molar-refractivity contribution in [2.45, 2.75) is 19.9 Å². The Morgan fingerprint density at radius 3 is 3.00 bits per heavy atom. The molecule has 1 aliphatic heterocycles. The molecule has 0 bridgehead atoms. The van der Waals surface area contributed by atoms with Crippen LogP contribution < -0.4 is 5.32 Å². The third-order valence-corrected chi connectivity index (χ3v) is 2.73. The Bertz CT molecular complexity index is 379. The number of aromatic nitrogens is 2. The monoisotopic (exact) mass is 207 g/mol. The van der Waals surface area contributed by atoms with E-state index in [9.17, 15) is 5.11 Å². The van der Waals surface area contributed by atoms with Gasteiger partial charge in [0.25, 0.3) is 0 Å². The standard InChI is InChI=1S/C11H17N3O/c1-8(2)14-11(3-4-13-14)10-6-12-5-9(10)7-15/h3-4,8,12,15H,5-7H2,1-2H3. The topological polar surface area (TPSA) is 50.1 Å². The smallest absolute Gasteiger partial charge is 0.0661 e. The number of rotatable bonds is 3. The maximum absolute atomic E-state index is 9.24. The summed E-state index contributed by atoms with van der Waals surface area (Å²) in [5.74, 6) is 0. The van der Waals surface area contributed by atoms with Crippen LogP contribution in [0.25, 0.3) is 5.57 Å². The van der Waals surface area contributed by atoms with Crippen LogP contribution in [0.2, 0.25) is 0 Å². The molecule has 0 radical (unpaired) electrons. The molecule has 4 nitrogen and oxygen atoms in total. The Hall–Kier alpha value is -1.13. The molecule has 15 heavy (non-hydrogen) atoms. The molecule has 0 aromatic carbocycles. The van der Waals surface area contributed by atoms with Gasteiger partial charge in [-0.25, -0.2) is 0 Å². The van der Waals surface area contributed by atoms with Crippen LogP contribution in [0.4, 0.5) is 0 Å². The van der Waals surface area contributed by atoms with Crippen LogP contribution in [-0.2, 0) is 0 Å². The molecule has 0 amide bonds. The fourth-order valence-corrected chi connectivity index (χ4v) is 1.96. The molecule has 0 saturated carbocycles. The zero-order chi connectivity index (χ0) is 10.8. The average molecular weight is 207 g/mol. The van der Waals surface area contributed by atoms with Crippen molar-refractivity contribution in [3.05, 3.63) is 23.5 Å². The van der Waals surface area contributed by atoms with Gasteiger partial charge in [0.1, 0.15) is 0 Å². The summed E-state index contributed by atoms with van der Waals surface area (Å²) >= 11 is 0. The lowest BCUT2D eigenvalue weighted by atomic mass is 10.1. The van der Waals surface area contributed by atoms with Crippen molar-refractivity contribution < 1.29 is 5.11 Å². The molecule has 0 spiro atoms. The lowest BCUT2D eigenvalue weighted by Crippen LogP contribution is -2.11. The van der Waals surface area contributed by atoms with Crippen LogP contribution in [0.5, 0.6) is 0 Å². The molecule has 2 heterocycles. The van der Waals surface area contributed by atoms with Gasteiger partial charge in [-0.15, -0.1) is 0 Å². The summed E-state index contributed by atoms with van der Waals surface area (Å²) in [4.78, 5) is 0. The number of aliphatic hydroxyl groups excluding tert-OH is 1. The summed E-state index contributed by atoms with van der Waals surface area (Å²) in [5.41, 5.74) is 3.40. The fourth-order valence-electron chi connectivity index (χ4n) is 1.96. The molecule has 2 N–H and O–H groups in total. The molecule has 2 rings (SSSR count). The Kier molecular flexibility index (Phi) is 2.88. The lowest BCUT2D eigenvalue weighted by Gasteiger charge is -2.12. The maximum atomic E-state index is 9.24. The van der Waals surface area contributed by atoms with E-state index in [4.69, 9.17) is 0 Å². The van der Waals surface area contributed by atoms with Crippen molar-refractivity contribution in [3.63, 3.8) is 0 Å². The molecule has 1 aliphatic rings. The van der Waals surface area contributed by atoms with Gasteiger partial charge in [0.2, 0.25) is 0 Å². The number of hydrogen-bond acceptors (Lipinski definition) is 3. The number of aliphatic hydroxyl groups is 1. The highest BCUT2D eigenvalue weighted by Gasteiger charge is 2.18. The van der Waals surface area contributed by atoms with Gasteiger partial charge in [-0.05, 0) is 31.1 Å². The number of nitrogens with zero attached hydrogens (tertiary/aromatic N) is 2. The zero-order valence-corrected chi connectivity index (χ0v) is 9.20. The highest BCUT2D eigenvalue weighted by molar-refractivity contribution is 5.70. The predicted octanol–water partition coefficient (Wildman–Crippen LogP) is 0.813. The van der Waals surface area contributed by atoms with Crippen LogP contribution >= 0.6 is 0 Å². The summed E-state index contributed by atoms with van der Waals surface area (Å²) in [6.07, 6.45) is 1.82. The highest BCUT2D eigenvalue weighted by atomic mass is 16.3. The van der Waals surface area contributed by atoms with Gasteiger partial charge in [-0.2, -0.15) is 5.10 Å². The minimum atomic E-state index is 0.131.